The summed E-state index contributed by atoms with van der Waals surface area (Å²) in [6.45, 7) is 8.60. The number of unbranched alkanes of at least 4 members (excludes halogenated alkanes) is 2. The van der Waals surface area contributed by atoms with Crippen molar-refractivity contribution < 1.29 is 28.6 Å². The van der Waals surface area contributed by atoms with E-state index in [0.717, 1.165) is 73.3 Å². The van der Waals surface area contributed by atoms with Crippen molar-refractivity contribution in [3.63, 3.8) is 0 Å². The molecule has 1 aromatic heterocycles. The molecular weight excluding hydrogens is 763 g/mol. The minimum Gasteiger partial charge on any atom is -0.379 e. The molecule has 3 aromatic rings. The first kappa shape index (κ1) is 44.0. The first-order chi connectivity index (χ1) is 26.7. The fourth-order valence-electron chi connectivity index (χ4n) is 5.82. The van der Waals surface area contributed by atoms with Crippen molar-refractivity contribution in [1.29, 1.82) is 5.26 Å². The van der Waals surface area contributed by atoms with Crippen molar-refractivity contribution in [3.8, 4) is 6.07 Å². The molecule has 55 heavy (non-hydrogen) atoms. The Balaban J connectivity index is 1.05. The summed E-state index contributed by atoms with van der Waals surface area (Å²) in [5.74, 6) is -0.621. The van der Waals surface area contributed by atoms with Crippen LogP contribution in [0.3, 0.4) is 0 Å². The van der Waals surface area contributed by atoms with Crippen molar-refractivity contribution in [2.24, 2.45) is 0 Å². The van der Waals surface area contributed by atoms with Crippen molar-refractivity contribution in [3.05, 3.63) is 69.0 Å². The van der Waals surface area contributed by atoms with Crippen LogP contribution in [-0.2, 0) is 23.8 Å². The van der Waals surface area contributed by atoms with Gasteiger partial charge in [-0.15, -0.1) is 11.3 Å². The van der Waals surface area contributed by atoms with E-state index in [1.807, 2.05) is 36.4 Å². The summed E-state index contributed by atoms with van der Waals surface area (Å²) >= 11 is 14.0. The van der Waals surface area contributed by atoms with E-state index in [0.29, 0.717) is 80.5 Å². The van der Waals surface area contributed by atoms with Gasteiger partial charge in [0, 0.05) is 76.7 Å². The zero-order valence-electron chi connectivity index (χ0n) is 31.5. The van der Waals surface area contributed by atoms with Gasteiger partial charge < -0.3 is 34.6 Å². The molecule has 4 rings (SSSR count). The number of rotatable bonds is 24. The first-order valence-electron chi connectivity index (χ1n) is 18.8. The van der Waals surface area contributed by atoms with Gasteiger partial charge in [0.2, 0.25) is 11.8 Å². The van der Waals surface area contributed by atoms with E-state index in [9.17, 15) is 14.4 Å². The summed E-state index contributed by atoms with van der Waals surface area (Å²) in [5.41, 5.74) is 1.81. The van der Waals surface area contributed by atoms with E-state index in [1.165, 1.54) is 22.3 Å². The highest BCUT2D eigenvalue weighted by Gasteiger charge is 2.19. The number of carbonyl (C=O) groups is 3. The van der Waals surface area contributed by atoms with Crippen LogP contribution < -0.4 is 15.5 Å². The van der Waals surface area contributed by atoms with Gasteiger partial charge in [-0.1, -0.05) is 35.3 Å². The number of benzene rings is 2. The molecule has 15 heteroatoms. The quantitative estimate of drug-likeness (QED) is 0.0841. The minimum atomic E-state index is -0.291. The molecule has 1 aliphatic heterocycles. The predicted octanol–water partition coefficient (Wildman–Crippen LogP) is 5.87. The molecule has 0 saturated carbocycles. The van der Waals surface area contributed by atoms with Crippen LogP contribution in [0.25, 0.3) is 16.2 Å². The number of hydrogen-bond acceptors (Lipinski definition) is 10. The molecule has 12 nitrogen and oxygen atoms in total. The number of piperazine rings is 1. The second-order valence-electron chi connectivity index (χ2n) is 13.1. The molecular formula is C40H52Cl2N6O6S. The predicted molar refractivity (Wildman–Crippen MR) is 220 cm³/mol. The second-order valence-corrected chi connectivity index (χ2v) is 15.0. The van der Waals surface area contributed by atoms with E-state index in [-0.39, 0.29) is 24.3 Å². The molecule has 1 aliphatic rings. The number of ether oxygens (including phenoxy) is 3. The second kappa shape index (κ2) is 24.7. The maximum atomic E-state index is 12.9. The average molecular weight is 816 g/mol. The summed E-state index contributed by atoms with van der Waals surface area (Å²) in [4.78, 5) is 44.6. The molecule has 0 radical (unpaired) electrons. The van der Waals surface area contributed by atoms with E-state index in [2.05, 4.69) is 26.5 Å². The molecule has 0 atom stereocenters. The lowest BCUT2D eigenvalue weighted by atomic mass is 10.1. The smallest absolute Gasteiger partial charge is 0.261 e. The molecule has 0 spiro atoms. The van der Waals surface area contributed by atoms with Crippen molar-refractivity contribution in [2.75, 3.05) is 104 Å². The molecule has 2 N–H and O–H groups in total. The van der Waals surface area contributed by atoms with Crippen LogP contribution >= 0.6 is 34.5 Å². The molecule has 0 unspecified atom stereocenters. The van der Waals surface area contributed by atoms with Gasteiger partial charge in [-0.05, 0) is 79.6 Å². The lowest BCUT2D eigenvalue weighted by Crippen LogP contribution is -2.46. The molecule has 2 aromatic carbocycles. The molecule has 3 amide bonds. The number of likely N-dealkylation sites (N-methyl/N-ethyl adjacent to an activating group) is 1. The van der Waals surface area contributed by atoms with E-state index in [4.69, 9.17) is 42.7 Å². The fraction of sp³-hybridized carbons (Fsp3) is 0.500. The number of thiophene rings is 1. The zero-order chi connectivity index (χ0) is 39.3. The van der Waals surface area contributed by atoms with Gasteiger partial charge in [-0.2, -0.15) is 5.26 Å². The van der Waals surface area contributed by atoms with Crippen LogP contribution in [0.1, 0.15) is 47.3 Å². The van der Waals surface area contributed by atoms with E-state index in [1.54, 1.807) is 19.2 Å². The van der Waals surface area contributed by atoms with Crippen LogP contribution in [0.5, 0.6) is 0 Å². The summed E-state index contributed by atoms with van der Waals surface area (Å²) in [5, 5.41) is 16.5. The molecule has 298 valence electrons. The third-order valence-corrected chi connectivity index (χ3v) is 10.8. The summed E-state index contributed by atoms with van der Waals surface area (Å²) in [6.07, 6.45) is 6.91. The lowest BCUT2D eigenvalue weighted by Gasteiger charge is -2.36. The third-order valence-electron chi connectivity index (χ3n) is 8.88. The van der Waals surface area contributed by atoms with Crippen molar-refractivity contribution in [1.82, 2.24) is 20.4 Å². The Morgan fingerprint density at radius 1 is 0.891 bits per heavy atom. The highest BCUT2D eigenvalue weighted by molar-refractivity contribution is 7.20. The van der Waals surface area contributed by atoms with Gasteiger partial charge in [-0.3, -0.25) is 19.3 Å². The molecule has 2 heterocycles. The highest BCUT2D eigenvalue weighted by atomic mass is 35.5. The number of amides is 3. The number of halogens is 2. The molecule has 0 bridgehead atoms. The normalized spacial score (nSPS) is 13.3. The maximum absolute atomic E-state index is 12.9. The van der Waals surface area contributed by atoms with Gasteiger partial charge in [0.15, 0.2) is 0 Å². The molecule has 1 saturated heterocycles. The lowest BCUT2D eigenvalue weighted by molar-refractivity contribution is -0.131. The Morgan fingerprint density at radius 2 is 1.60 bits per heavy atom. The number of fused-ring (bicyclic) bond motifs is 1. The number of nitrogens with one attached hydrogen (secondary N) is 2. The SMILES string of the molecule is CN(CC(=O)NCCCOCCOCCOCCCC#N)C(=O)/C=C/c1ccc2sc(C(=O)NCCCCN3CCN(c4cccc(Cl)c4Cl)CC3)cc2c1. The minimum absolute atomic E-state index is 0.0595. The molecule has 1 fully saturated rings. The van der Waals surface area contributed by atoms with Gasteiger partial charge in [0.1, 0.15) is 0 Å². The Labute approximate surface area is 338 Å². The van der Waals surface area contributed by atoms with Gasteiger partial charge in [-0.25, -0.2) is 0 Å². The van der Waals surface area contributed by atoms with Crippen LogP contribution in [0.4, 0.5) is 5.69 Å². The summed E-state index contributed by atoms with van der Waals surface area (Å²) < 4.78 is 17.3. The topological polar surface area (TPSA) is 136 Å². The van der Waals surface area contributed by atoms with E-state index < -0.39 is 0 Å². The van der Waals surface area contributed by atoms with Crippen molar-refractivity contribution in [2.45, 2.75) is 32.1 Å². The van der Waals surface area contributed by atoms with Gasteiger partial charge in [0.05, 0.1) is 59.7 Å². The third kappa shape index (κ3) is 15.7. The number of nitriles is 1. The first-order valence-corrected chi connectivity index (χ1v) is 20.4. The summed E-state index contributed by atoms with van der Waals surface area (Å²) in [7, 11) is 1.58. The van der Waals surface area contributed by atoms with Gasteiger partial charge in [0.25, 0.3) is 5.91 Å². The fourth-order valence-corrected chi connectivity index (χ4v) is 7.19. The zero-order valence-corrected chi connectivity index (χ0v) is 33.9. The Bertz CT molecular complexity index is 1740. The standard InChI is InChI=1S/C40H52Cl2N6O6S/c1-46(30-37(49)44-16-7-23-53-25-27-54-26-24-52-22-5-2-14-43)38(50)13-11-31-10-12-35-32(28-31)29-36(55-35)40(51)45-15-3-4-17-47-18-20-48(21-19-47)34-9-6-8-33(41)39(34)42/h6,8-13,28-29H,2-5,7,15-27,30H2,1H3,(H,44,49)(H,45,51)/b13-11+. The highest BCUT2D eigenvalue weighted by Crippen LogP contribution is 2.33. The van der Waals surface area contributed by atoms with Crippen molar-refractivity contribution >= 4 is 74.1 Å². The van der Waals surface area contributed by atoms with E-state index >= 15 is 0 Å². The van der Waals surface area contributed by atoms with Gasteiger partial charge >= 0.3 is 0 Å². The summed E-state index contributed by atoms with van der Waals surface area (Å²) in [6, 6.07) is 15.5. The molecule has 0 aliphatic carbocycles. The van der Waals surface area contributed by atoms with Crippen LogP contribution in [0, 0.1) is 11.3 Å². The maximum Gasteiger partial charge on any atom is 0.261 e. The average Bonchev–Trinajstić information content (AvgIpc) is 3.62. The van der Waals surface area contributed by atoms with Crippen LogP contribution in [0.15, 0.2) is 48.5 Å². The van der Waals surface area contributed by atoms with Crippen LogP contribution in [-0.4, -0.2) is 127 Å². The number of nitrogens with zero attached hydrogens (tertiary/aromatic N) is 4. The van der Waals surface area contributed by atoms with Crippen LogP contribution in [0.2, 0.25) is 10.0 Å². The Kier molecular flexibility index (Phi) is 19.8. The number of hydrogen-bond donors (Lipinski definition) is 2. The number of carbonyl (C=O) groups excluding carboxylic acids is 3. The largest absolute Gasteiger partial charge is 0.379 e. The Hall–Kier alpha value is -3.74. The monoisotopic (exact) mass is 814 g/mol. The number of anilines is 1. The Morgan fingerprint density at radius 3 is 2.35 bits per heavy atom.